The van der Waals surface area contributed by atoms with Crippen LogP contribution in [-0.4, -0.2) is 0 Å². The second kappa shape index (κ2) is 11.7. The van der Waals surface area contributed by atoms with Gasteiger partial charge in [0.25, 0.3) is 0 Å². The highest BCUT2D eigenvalue weighted by molar-refractivity contribution is 7.25. The second-order valence-electron chi connectivity index (χ2n) is 12.9. The average Bonchev–Trinajstić information content (AvgIpc) is 3.56. The molecule has 1 aromatic heterocycles. The van der Waals surface area contributed by atoms with Crippen molar-refractivity contribution in [3.63, 3.8) is 0 Å². The van der Waals surface area contributed by atoms with Gasteiger partial charge in [-0.25, -0.2) is 0 Å². The molecule has 0 N–H and O–H groups in total. The lowest BCUT2D eigenvalue weighted by molar-refractivity contribution is 1.29. The summed E-state index contributed by atoms with van der Waals surface area (Å²) in [6, 6.07) is 68.7. The molecule has 50 heavy (non-hydrogen) atoms. The van der Waals surface area contributed by atoms with Crippen molar-refractivity contribution in [1.29, 1.82) is 0 Å². The van der Waals surface area contributed by atoms with Crippen molar-refractivity contribution in [1.82, 2.24) is 0 Å². The number of hydrogen-bond acceptors (Lipinski definition) is 2. The Kier molecular flexibility index (Phi) is 6.75. The van der Waals surface area contributed by atoms with Crippen LogP contribution in [0.15, 0.2) is 188 Å². The summed E-state index contributed by atoms with van der Waals surface area (Å²) in [6.07, 6.45) is 0. The first-order valence-corrected chi connectivity index (χ1v) is 17.9. The van der Waals surface area contributed by atoms with E-state index in [2.05, 4.69) is 193 Å². The van der Waals surface area contributed by atoms with Crippen LogP contribution < -0.4 is 4.90 Å². The number of hydrogen-bond donors (Lipinski definition) is 0. The lowest BCUT2D eigenvalue weighted by atomic mass is 9.90. The molecule has 0 radical (unpaired) electrons. The highest BCUT2D eigenvalue weighted by Gasteiger charge is 2.17. The molecule has 0 amide bonds. The monoisotopic (exact) mass is 653 g/mol. The summed E-state index contributed by atoms with van der Waals surface area (Å²) in [4.78, 5) is 2.38. The van der Waals surface area contributed by atoms with Gasteiger partial charge in [-0.15, -0.1) is 11.3 Å². The van der Waals surface area contributed by atoms with Crippen LogP contribution in [0.25, 0.3) is 74.7 Å². The van der Waals surface area contributed by atoms with Crippen molar-refractivity contribution in [2.45, 2.75) is 0 Å². The van der Waals surface area contributed by atoms with Gasteiger partial charge >= 0.3 is 0 Å². The van der Waals surface area contributed by atoms with Crippen molar-refractivity contribution in [2.24, 2.45) is 0 Å². The van der Waals surface area contributed by atoms with Crippen LogP contribution in [0.1, 0.15) is 0 Å². The van der Waals surface area contributed by atoms with Crippen molar-refractivity contribution >= 4 is 80.9 Å². The van der Waals surface area contributed by atoms with Gasteiger partial charge in [0.1, 0.15) is 0 Å². The minimum Gasteiger partial charge on any atom is -0.310 e. The molecule has 0 unspecified atom stereocenters. The van der Waals surface area contributed by atoms with Gasteiger partial charge in [0.05, 0.1) is 0 Å². The highest BCUT2D eigenvalue weighted by atomic mass is 32.1. The number of fused-ring (bicyclic) bond motifs is 8. The topological polar surface area (TPSA) is 3.24 Å². The molecule has 10 rings (SSSR count). The summed E-state index contributed by atoms with van der Waals surface area (Å²) in [7, 11) is 0. The largest absolute Gasteiger partial charge is 0.310 e. The van der Waals surface area contributed by atoms with Gasteiger partial charge in [-0.1, -0.05) is 133 Å². The molecule has 9 aromatic carbocycles. The lowest BCUT2D eigenvalue weighted by Crippen LogP contribution is -2.09. The first-order chi connectivity index (χ1) is 24.8. The maximum Gasteiger partial charge on any atom is 0.0468 e. The van der Waals surface area contributed by atoms with E-state index in [1.54, 1.807) is 0 Å². The van der Waals surface area contributed by atoms with Gasteiger partial charge < -0.3 is 4.90 Å². The molecular formula is C48H31NS. The number of benzene rings is 9. The molecule has 0 atom stereocenters. The molecule has 0 aliphatic carbocycles. The minimum absolute atomic E-state index is 1.12. The van der Waals surface area contributed by atoms with Crippen LogP contribution >= 0.6 is 11.3 Å². The van der Waals surface area contributed by atoms with E-state index in [1.807, 2.05) is 11.3 Å². The van der Waals surface area contributed by atoms with Crippen LogP contribution in [0, 0.1) is 0 Å². The zero-order valence-electron chi connectivity index (χ0n) is 27.3. The molecule has 234 valence electrons. The van der Waals surface area contributed by atoms with Crippen LogP contribution in [0.3, 0.4) is 0 Å². The van der Waals surface area contributed by atoms with E-state index in [9.17, 15) is 0 Å². The third-order valence-electron chi connectivity index (χ3n) is 10.0. The predicted octanol–water partition coefficient (Wildman–Crippen LogP) is 14.3. The number of nitrogens with zero attached hydrogens (tertiary/aromatic N) is 1. The van der Waals surface area contributed by atoms with Crippen LogP contribution in [0.4, 0.5) is 17.1 Å². The molecule has 10 aromatic rings. The summed E-state index contributed by atoms with van der Waals surface area (Å²) >= 11 is 1.86. The van der Waals surface area contributed by atoms with E-state index >= 15 is 0 Å². The highest BCUT2D eigenvalue weighted by Crippen LogP contribution is 2.43. The van der Waals surface area contributed by atoms with E-state index in [0.29, 0.717) is 0 Å². The Morgan fingerprint density at radius 2 is 0.880 bits per heavy atom. The smallest absolute Gasteiger partial charge is 0.0468 e. The molecule has 0 spiro atoms. The van der Waals surface area contributed by atoms with Gasteiger partial charge in [0, 0.05) is 37.2 Å². The second-order valence-corrected chi connectivity index (χ2v) is 14.0. The van der Waals surface area contributed by atoms with E-state index in [4.69, 9.17) is 0 Å². The molecule has 0 saturated carbocycles. The average molecular weight is 654 g/mol. The molecule has 0 aliphatic rings. The Balaban J connectivity index is 1.12. The Labute approximate surface area is 294 Å². The quantitative estimate of drug-likeness (QED) is 0.167. The SMILES string of the molecule is c1ccc(-c2ccc(N(c3ccc(-c4cc5ccc6ccccc6c5c5ccccc45)cc3)c3ccc4sc5ccccc5c4c3)cc2)cc1. The van der Waals surface area contributed by atoms with Crippen LogP contribution in [0.5, 0.6) is 0 Å². The van der Waals surface area contributed by atoms with E-state index in [0.717, 1.165) is 17.1 Å². The van der Waals surface area contributed by atoms with Crippen LogP contribution in [-0.2, 0) is 0 Å². The first kappa shape index (κ1) is 28.8. The summed E-state index contributed by atoms with van der Waals surface area (Å²) in [6.45, 7) is 0. The van der Waals surface area contributed by atoms with E-state index in [1.165, 1.54) is 74.7 Å². The lowest BCUT2D eigenvalue weighted by Gasteiger charge is -2.26. The molecule has 0 aliphatic heterocycles. The zero-order valence-corrected chi connectivity index (χ0v) is 28.1. The van der Waals surface area contributed by atoms with Crippen molar-refractivity contribution in [3.05, 3.63) is 188 Å². The number of thiophene rings is 1. The van der Waals surface area contributed by atoms with Gasteiger partial charge in [-0.3, -0.25) is 0 Å². The normalized spacial score (nSPS) is 11.6. The molecule has 0 bridgehead atoms. The first-order valence-electron chi connectivity index (χ1n) is 17.1. The zero-order chi connectivity index (χ0) is 33.0. The van der Waals surface area contributed by atoms with Crippen LogP contribution in [0.2, 0.25) is 0 Å². The van der Waals surface area contributed by atoms with Gasteiger partial charge in [-0.2, -0.15) is 0 Å². The summed E-state index contributed by atoms with van der Waals surface area (Å²) < 4.78 is 2.62. The molecule has 2 heteroatoms. The summed E-state index contributed by atoms with van der Waals surface area (Å²) in [5.74, 6) is 0. The van der Waals surface area contributed by atoms with Gasteiger partial charge in [-0.05, 0) is 109 Å². The molecule has 1 heterocycles. The Hall–Kier alpha value is -6.22. The third kappa shape index (κ3) is 4.76. The standard InChI is InChI=1S/C48H31NS/c1-2-10-32(11-3-1)33-20-24-37(25-21-33)49(39-28-29-47-45(31-39)42-15-8-9-17-46(42)50-47)38-26-22-35(23-27-38)44-30-36-19-18-34-12-4-5-13-40(34)48(36)43-16-7-6-14-41(43)44/h1-31H. The minimum atomic E-state index is 1.12. The number of anilines is 3. The molecule has 0 fully saturated rings. The molecule has 1 nitrogen and oxygen atoms in total. The Bertz CT molecular complexity index is 2850. The van der Waals surface area contributed by atoms with Gasteiger partial charge in [0.2, 0.25) is 0 Å². The van der Waals surface area contributed by atoms with Gasteiger partial charge in [0.15, 0.2) is 0 Å². The van der Waals surface area contributed by atoms with E-state index in [-0.39, 0.29) is 0 Å². The molecule has 0 saturated heterocycles. The molecular weight excluding hydrogens is 623 g/mol. The predicted molar refractivity (Wildman–Crippen MR) is 217 cm³/mol. The van der Waals surface area contributed by atoms with Crippen molar-refractivity contribution in [3.8, 4) is 22.3 Å². The fourth-order valence-corrected chi connectivity index (χ4v) is 8.73. The third-order valence-corrected chi connectivity index (χ3v) is 11.2. The Morgan fingerprint density at radius 1 is 0.320 bits per heavy atom. The maximum absolute atomic E-state index is 2.38. The maximum atomic E-state index is 2.38. The van der Waals surface area contributed by atoms with Crippen molar-refractivity contribution < 1.29 is 0 Å². The van der Waals surface area contributed by atoms with Crippen molar-refractivity contribution in [2.75, 3.05) is 4.90 Å². The van der Waals surface area contributed by atoms with E-state index < -0.39 is 0 Å². The number of rotatable bonds is 5. The summed E-state index contributed by atoms with van der Waals surface area (Å²) in [5, 5.41) is 10.3. The fraction of sp³-hybridized carbons (Fsp3) is 0. The summed E-state index contributed by atoms with van der Waals surface area (Å²) in [5.41, 5.74) is 8.27. The fourth-order valence-electron chi connectivity index (χ4n) is 7.64. The Morgan fingerprint density at radius 3 is 1.66 bits per heavy atom.